The van der Waals surface area contributed by atoms with Crippen LogP contribution in [0, 0.1) is 5.92 Å². The van der Waals surface area contributed by atoms with Gasteiger partial charge >= 0.3 is 0 Å². The summed E-state index contributed by atoms with van der Waals surface area (Å²) in [5.74, 6) is 1.72. The van der Waals surface area contributed by atoms with Gasteiger partial charge in [0.05, 0.1) is 11.1 Å². The lowest BCUT2D eigenvalue weighted by atomic mass is 9.95. The van der Waals surface area contributed by atoms with E-state index < -0.39 is 5.91 Å². The number of hydrogen-bond donors (Lipinski definition) is 2. The molecule has 2 aromatic rings. The number of carbonyl (C=O) groups is 1. The normalized spacial score (nSPS) is 17.4. The number of amides is 1. The van der Waals surface area contributed by atoms with Crippen molar-refractivity contribution < 1.29 is 4.79 Å². The second-order valence-corrected chi connectivity index (χ2v) is 6.66. The number of piperidine rings is 1. The monoisotopic (exact) mass is 300 g/mol. The van der Waals surface area contributed by atoms with Crippen LogP contribution in [-0.4, -0.2) is 40.4 Å². The summed E-state index contributed by atoms with van der Waals surface area (Å²) >= 11 is 0. The first kappa shape index (κ1) is 15.0. The quantitative estimate of drug-likeness (QED) is 0.911. The molecule has 0 saturated carbocycles. The average molecular weight is 300 g/mol. The Bertz CT molecular complexity index is 668. The van der Waals surface area contributed by atoms with Gasteiger partial charge in [0.15, 0.2) is 0 Å². The van der Waals surface area contributed by atoms with Crippen LogP contribution in [0.5, 0.6) is 0 Å². The number of likely N-dealkylation sites (tertiary alicyclic amines) is 1. The minimum Gasteiger partial charge on any atom is -0.366 e. The largest absolute Gasteiger partial charge is 0.366 e. The van der Waals surface area contributed by atoms with E-state index in [1.54, 1.807) is 6.07 Å². The van der Waals surface area contributed by atoms with Crippen molar-refractivity contribution in [2.75, 3.05) is 19.6 Å². The molecule has 1 aliphatic rings. The Morgan fingerprint density at radius 3 is 2.77 bits per heavy atom. The van der Waals surface area contributed by atoms with Crippen LogP contribution < -0.4 is 5.73 Å². The van der Waals surface area contributed by atoms with Crippen LogP contribution in [0.15, 0.2) is 18.2 Å². The summed E-state index contributed by atoms with van der Waals surface area (Å²) in [6.07, 6.45) is 2.22. The van der Waals surface area contributed by atoms with Gasteiger partial charge in [-0.1, -0.05) is 19.9 Å². The number of benzene rings is 1. The predicted molar refractivity (Wildman–Crippen MR) is 87.9 cm³/mol. The van der Waals surface area contributed by atoms with Crippen molar-refractivity contribution in [3.63, 3.8) is 0 Å². The van der Waals surface area contributed by atoms with E-state index in [9.17, 15) is 4.79 Å². The minimum atomic E-state index is -0.421. The number of para-hydroxylation sites is 1. The maximum atomic E-state index is 11.5. The maximum Gasteiger partial charge on any atom is 0.250 e. The fourth-order valence-electron chi connectivity index (χ4n) is 3.35. The van der Waals surface area contributed by atoms with Gasteiger partial charge in [0.2, 0.25) is 0 Å². The number of rotatable bonds is 4. The second kappa shape index (κ2) is 6.08. The van der Waals surface area contributed by atoms with Crippen LogP contribution in [0.4, 0.5) is 0 Å². The third-order valence-corrected chi connectivity index (χ3v) is 4.39. The summed E-state index contributed by atoms with van der Waals surface area (Å²) in [5.41, 5.74) is 7.53. The second-order valence-electron chi connectivity index (χ2n) is 6.66. The number of hydrogen-bond acceptors (Lipinski definition) is 3. The number of H-pyrrole nitrogens is 1. The molecule has 1 amide bonds. The molecule has 0 radical (unpaired) electrons. The van der Waals surface area contributed by atoms with E-state index in [1.807, 2.05) is 12.1 Å². The summed E-state index contributed by atoms with van der Waals surface area (Å²) in [4.78, 5) is 22.1. The molecule has 1 saturated heterocycles. The summed E-state index contributed by atoms with van der Waals surface area (Å²) < 4.78 is 0. The van der Waals surface area contributed by atoms with Gasteiger partial charge < -0.3 is 15.6 Å². The number of carbonyl (C=O) groups excluding carboxylic acids is 1. The zero-order valence-electron chi connectivity index (χ0n) is 13.3. The molecule has 1 aromatic carbocycles. The highest BCUT2D eigenvalue weighted by molar-refractivity contribution is 6.04. The van der Waals surface area contributed by atoms with Crippen molar-refractivity contribution in [2.24, 2.45) is 11.7 Å². The molecule has 0 atom stereocenters. The lowest BCUT2D eigenvalue weighted by Gasteiger charge is -2.32. The zero-order valence-corrected chi connectivity index (χ0v) is 13.3. The van der Waals surface area contributed by atoms with Crippen LogP contribution in [0.1, 0.15) is 48.8 Å². The molecule has 1 aliphatic heterocycles. The van der Waals surface area contributed by atoms with E-state index in [2.05, 4.69) is 28.7 Å². The molecular weight excluding hydrogens is 276 g/mol. The lowest BCUT2D eigenvalue weighted by Crippen LogP contribution is -2.35. The Kier molecular flexibility index (Phi) is 4.16. The molecule has 2 heterocycles. The van der Waals surface area contributed by atoms with Gasteiger partial charge in [-0.2, -0.15) is 0 Å². The van der Waals surface area contributed by atoms with E-state index in [1.165, 1.54) is 6.54 Å². The number of nitrogens with zero attached hydrogens (tertiary/aromatic N) is 2. The molecule has 1 fully saturated rings. The molecule has 22 heavy (non-hydrogen) atoms. The Morgan fingerprint density at radius 2 is 2.14 bits per heavy atom. The SMILES string of the molecule is CC(C)CN1CCC(c2nc3c(C(N)=O)cccc3[nH]2)CC1. The molecule has 1 aromatic heterocycles. The summed E-state index contributed by atoms with van der Waals surface area (Å²) in [6.45, 7) is 7.91. The average Bonchev–Trinajstić information content (AvgIpc) is 2.90. The standard InChI is InChI=1S/C17H24N4O/c1-11(2)10-21-8-6-12(7-9-21)17-19-14-5-3-4-13(16(18)22)15(14)20-17/h3-5,11-12H,6-10H2,1-2H3,(H2,18,22)(H,19,20). The molecular formula is C17H24N4O. The fraction of sp³-hybridized carbons (Fsp3) is 0.529. The van der Waals surface area contributed by atoms with E-state index in [4.69, 9.17) is 5.73 Å². The van der Waals surface area contributed by atoms with Gasteiger partial charge in [-0.05, 0) is 44.0 Å². The van der Waals surface area contributed by atoms with Crippen molar-refractivity contribution in [1.29, 1.82) is 0 Å². The van der Waals surface area contributed by atoms with Crippen molar-refractivity contribution in [3.8, 4) is 0 Å². The molecule has 3 rings (SSSR count). The molecule has 5 nitrogen and oxygen atoms in total. The number of primary amides is 1. The fourth-order valence-corrected chi connectivity index (χ4v) is 3.35. The van der Waals surface area contributed by atoms with E-state index in [0.29, 0.717) is 22.9 Å². The van der Waals surface area contributed by atoms with E-state index in [-0.39, 0.29) is 0 Å². The van der Waals surface area contributed by atoms with Gasteiger partial charge in [0, 0.05) is 12.5 Å². The Labute approximate surface area is 130 Å². The number of aromatic nitrogens is 2. The first-order valence-corrected chi connectivity index (χ1v) is 8.05. The molecule has 5 heteroatoms. The molecule has 0 aliphatic carbocycles. The summed E-state index contributed by atoms with van der Waals surface area (Å²) in [7, 11) is 0. The number of nitrogens with two attached hydrogens (primary N) is 1. The molecule has 0 unspecified atom stereocenters. The summed E-state index contributed by atoms with van der Waals surface area (Å²) in [6, 6.07) is 5.53. The van der Waals surface area contributed by atoms with Gasteiger partial charge in [-0.15, -0.1) is 0 Å². The van der Waals surface area contributed by atoms with Crippen LogP contribution in [-0.2, 0) is 0 Å². The first-order chi connectivity index (χ1) is 10.5. The van der Waals surface area contributed by atoms with Gasteiger partial charge in [0.1, 0.15) is 11.3 Å². The number of fused-ring (bicyclic) bond motifs is 1. The Morgan fingerprint density at radius 1 is 1.41 bits per heavy atom. The Balaban J connectivity index is 1.78. The van der Waals surface area contributed by atoms with Crippen LogP contribution in [0.3, 0.4) is 0 Å². The topological polar surface area (TPSA) is 75.0 Å². The van der Waals surface area contributed by atoms with Crippen molar-refractivity contribution in [2.45, 2.75) is 32.6 Å². The summed E-state index contributed by atoms with van der Waals surface area (Å²) in [5, 5.41) is 0. The predicted octanol–water partition coefficient (Wildman–Crippen LogP) is 2.50. The zero-order chi connectivity index (χ0) is 15.7. The van der Waals surface area contributed by atoms with Crippen molar-refractivity contribution >= 4 is 16.9 Å². The molecule has 3 N–H and O–H groups in total. The smallest absolute Gasteiger partial charge is 0.250 e. The first-order valence-electron chi connectivity index (χ1n) is 8.05. The highest BCUT2D eigenvalue weighted by Crippen LogP contribution is 2.28. The molecule has 118 valence electrons. The molecule has 0 spiro atoms. The van der Waals surface area contributed by atoms with Gasteiger partial charge in [-0.3, -0.25) is 4.79 Å². The number of imidazole rings is 1. The lowest BCUT2D eigenvalue weighted by molar-refractivity contribution is 0.100. The van der Waals surface area contributed by atoms with Crippen LogP contribution in [0.25, 0.3) is 11.0 Å². The molecule has 0 bridgehead atoms. The van der Waals surface area contributed by atoms with Crippen LogP contribution in [0.2, 0.25) is 0 Å². The number of aromatic amines is 1. The van der Waals surface area contributed by atoms with Crippen molar-refractivity contribution in [3.05, 3.63) is 29.6 Å². The third kappa shape index (κ3) is 2.99. The minimum absolute atomic E-state index is 0.421. The third-order valence-electron chi connectivity index (χ3n) is 4.39. The highest BCUT2D eigenvalue weighted by atomic mass is 16.1. The van der Waals surface area contributed by atoms with Crippen LogP contribution >= 0.6 is 0 Å². The highest BCUT2D eigenvalue weighted by Gasteiger charge is 2.24. The van der Waals surface area contributed by atoms with E-state index in [0.717, 1.165) is 37.3 Å². The maximum absolute atomic E-state index is 11.5. The van der Waals surface area contributed by atoms with Gasteiger partial charge in [0.25, 0.3) is 5.91 Å². The Hall–Kier alpha value is -1.88. The number of nitrogens with one attached hydrogen (secondary N) is 1. The van der Waals surface area contributed by atoms with Crippen molar-refractivity contribution in [1.82, 2.24) is 14.9 Å². The van der Waals surface area contributed by atoms with Gasteiger partial charge in [-0.25, -0.2) is 4.98 Å². The van der Waals surface area contributed by atoms with E-state index >= 15 is 0 Å².